The largest absolute Gasteiger partial charge is 0.338 e. The molecule has 0 bridgehead atoms. The number of nitrogens with zero attached hydrogens (tertiary/aromatic N) is 1. The first-order valence-electron chi connectivity index (χ1n) is 7.73. The van der Waals surface area contributed by atoms with Gasteiger partial charge in [0.25, 0.3) is 0 Å². The van der Waals surface area contributed by atoms with Crippen LogP contribution in [0.2, 0.25) is 0 Å². The molecule has 3 nitrogen and oxygen atoms in total. The lowest BCUT2D eigenvalue weighted by Gasteiger charge is -2.27. The second-order valence-corrected chi connectivity index (χ2v) is 5.91. The average Bonchev–Trinajstić information content (AvgIpc) is 2.81. The van der Waals surface area contributed by atoms with Crippen molar-refractivity contribution in [1.82, 2.24) is 4.90 Å². The van der Waals surface area contributed by atoms with Crippen molar-refractivity contribution in [3.63, 3.8) is 0 Å². The molecule has 0 aromatic heterocycles. The van der Waals surface area contributed by atoms with Crippen molar-refractivity contribution in [3.8, 4) is 0 Å². The molecule has 2 rings (SSSR count). The van der Waals surface area contributed by atoms with Crippen LogP contribution in [0.15, 0.2) is 30.3 Å². The van der Waals surface area contributed by atoms with Gasteiger partial charge in [-0.05, 0) is 37.7 Å². The minimum absolute atomic E-state index is 0.134. The zero-order chi connectivity index (χ0) is 14.5. The Labute approximate surface area is 122 Å². The summed E-state index contributed by atoms with van der Waals surface area (Å²) in [6, 6.07) is 10.5. The van der Waals surface area contributed by atoms with Gasteiger partial charge in [0.05, 0.1) is 6.04 Å². The fourth-order valence-electron chi connectivity index (χ4n) is 3.15. The van der Waals surface area contributed by atoms with E-state index in [4.69, 9.17) is 5.73 Å². The molecule has 1 aromatic rings. The third kappa shape index (κ3) is 3.40. The molecule has 1 heterocycles. The maximum Gasteiger partial charge on any atom is 0.239 e. The van der Waals surface area contributed by atoms with E-state index in [1.807, 2.05) is 11.0 Å². The van der Waals surface area contributed by atoms with E-state index < -0.39 is 0 Å². The van der Waals surface area contributed by atoms with Crippen molar-refractivity contribution in [2.75, 3.05) is 6.54 Å². The summed E-state index contributed by atoms with van der Waals surface area (Å²) in [7, 11) is 0. The average molecular weight is 274 g/mol. The number of rotatable bonds is 5. The van der Waals surface area contributed by atoms with Crippen LogP contribution in [-0.2, 0) is 11.2 Å². The van der Waals surface area contributed by atoms with E-state index in [2.05, 4.69) is 38.1 Å². The summed E-state index contributed by atoms with van der Waals surface area (Å²) in [6.07, 6.45) is 3.88. The SMILES string of the molecule is CCCC(N)C(=O)N1CCC(Cc2ccccc2)C1C. The normalized spacial score (nSPS) is 23.9. The fourth-order valence-corrected chi connectivity index (χ4v) is 3.15. The van der Waals surface area contributed by atoms with Crippen LogP contribution >= 0.6 is 0 Å². The summed E-state index contributed by atoms with van der Waals surface area (Å²) in [4.78, 5) is 14.3. The molecular weight excluding hydrogens is 248 g/mol. The number of hydrogen-bond donors (Lipinski definition) is 1. The molecule has 20 heavy (non-hydrogen) atoms. The van der Waals surface area contributed by atoms with Crippen LogP contribution in [0.5, 0.6) is 0 Å². The lowest BCUT2D eigenvalue weighted by Crippen LogP contribution is -2.46. The van der Waals surface area contributed by atoms with E-state index in [9.17, 15) is 4.79 Å². The molecule has 2 N–H and O–H groups in total. The highest BCUT2D eigenvalue weighted by molar-refractivity contribution is 5.82. The van der Waals surface area contributed by atoms with Gasteiger partial charge >= 0.3 is 0 Å². The number of hydrogen-bond acceptors (Lipinski definition) is 2. The second kappa shape index (κ2) is 6.89. The van der Waals surface area contributed by atoms with Crippen LogP contribution in [0.1, 0.15) is 38.7 Å². The van der Waals surface area contributed by atoms with Crippen molar-refractivity contribution in [2.45, 2.75) is 51.6 Å². The number of likely N-dealkylation sites (tertiary alicyclic amines) is 1. The first-order valence-corrected chi connectivity index (χ1v) is 7.73. The summed E-state index contributed by atoms with van der Waals surface area (Å²) in [5.41, 5.74) is 7.33. The van der Waals surface area contributed by atoms with Crippen molar-refractivity contribution in [2.24, 2.45) is 11.7 Å². The molecule has 1 aromatic carbocycles. The molecule has 1 aliphatic rings. The van der Waals surface area contributed by atoms with E-state index in [0.717, 1.165) is 32.2 Å². The Morgan fingerprint density at radius 3 is 2.75 bits per heavy atom. The summed E-state index contributed by atoms with van der Waals surface area (Å²) >= 11 is 0. The number of carbonyl (C=O) groups excluding carboxylic acids is 1. The summed E-state index contributed by atoms with van der Waals surface area (Å²) in [6.45, 7) is 5.09. The molecule has 1 aliphatic heterocycles. The van der Waals surface area contributed by atoms with Crippen LogP contribution in [0, 0.1) is 5.92 Å². The molecular formula is C17H26N2O. The van der Waals surface area contributed by atoms with E-state index in [-0.39, 0.29) is 11.9 Å². The third-order valence-electron chi connectivity index (χ3n) is 4.46. The van der Waals surface area contributed by atoms with Gasteiger partial charge in [0, 0.05) is 12.6 Å². The van der Waals surface area contributed by atoms with E-state index in [1.165, 1.54) is 5.56 Å². The fraction of sp³-hybridized carbons (Fsp3) is 0.588. The Balaban J connectivity index is 1.95. The molecule has 0 aliphatic carbocycles. The minimum atomic E-state index is -0.321. The third-order valence-corrected chi connectivity index (χ3v) is 4.46. The molecule has 110 valence electrons. The van der Waals surface area contributed by atoms with Gasteiger partial charge in [-0.15, -0.1) is 0 Å². The molecule has 3 atom stereocenters. The van der Waals surface area contributed by atoms with Crippen LogP contribution in [0.3, 0.4) is 0 Å². The molecule has 3 heteroatoms. The Bertz CT molecular complexity index is 432. The summed E-state index contributed by atoms with van der Waals surface area (Å²) < 4.78 is 0. The highest BCUT2D eigenvalue weighted by atomic mass is 16.2. The zero-order valence-corrected chi connectivity index (χ0v) is 12.6. The Hall–Kier alpha value is -1.35. The van der Waals surface area contributed by atoms with Crippen molar-refractivity contribution in [1.29, 1.82) is 0 Å². The topological polar surface area (TPSA) is 46.3 Å². The van der Waals surface area contributed by atoms with Crippen LogP contribution in [0.4, 0.5) is 0 Å². The monoisotopic (exact) mass is 274 g/mol. The van der Waals surface area contributed by atoms with Crippen LogP contribution < -0.4 is 5.73 Å². The maximum absolute atomic E-state index is 12.3. The first kappa shape index (κ1) is 15.0. The van der Waals surface area contributed by atoms with E-state index >= 15 is 0 Å². The Kier molecular flexibility index (Phi) is 5.18. The number of benzene rings is 1. The van der Waals surface area contributed by atoms with Crippen LogP contribution in [0.25, 0.3) is 0 Å². The minimum Gasteiger partial charge on any atom is -0.338 e. The summed E-state index contributed by atoms with van der Waals surface area (Å²) in [5, 5.41) is 0. The molecule has 0 radical (unpaired) electrons. The highest BCUT2D eigenvalue weighted by Crippen LogP contribution is 2.28. The first-order chi connectivity index (χ1) is 9.63. The molecule has 3 unspecified atom stereocenters. The molecule has 1 saturated heterocycles. The Morgan fingerprint density at radius 2 is 2.10 bits per heavy atom. The zero-order valence-electron chi connectivity index (χ0n) is 12.6. The molecule has 0 spiro atoms. The van der Waals surface area contributed by atoms with Gasteiger partial charge in [0.1, 0.15) is 0 Å². The standard InChI is InChI=1S/C17H26N2O/c1-3-7-16(18)17(20)19-11-10-15(13(19)2)12-14-8-5-4-6-9-14/h4-6,8-9,13,15-16H,3,7,10-12,18H2,1-2H3. The summed E-state index contributed by atoms with van der Waals surface area (Å²) in [5.74, 6) is 0.685. The van der Waals surface area contributed by atoms with Crippen molar-refractivity contribution in [3.05, 3.63) is 35.9 Å². The lowest BCUT2D eigenvalue weighted by atomic mass is 9.93. The second-order valence-electron chi connectivity index (χ2n) is 5.91. The van der Waals surface area contributed by atoms with Gasteiger partial charge < -0.3 is 10.6 Å². The maximum atomic E-state index is 12.3. The predicted octanol–water partition coefficient (Wildman–Crippen LogP) is 2.59. The predicted molar refractivity (Wildman–Crippen MR) is 82.3 cm³/mol. The molecule has 0 saturated carbocycles. The van der Waals surface area contributed by atoms with Crippen LogP contribution in [-0.4, -0.2) is 29.4 Å². The van der Waals surface area contributed by atoms with Gasteiger partial charge in [-0.2, -0.15) is 0 Å². The highest BCUT2D eigenvalue weighted by Gasteiger charge is 2.35. The molecule has 1 amide bonds. The van der Waals surface area contributed by atoms with Gasteiger partial charge in [0.15, 0.2) is 0 Å². The van der Waals surface area contributed by atoms with Crippen molar-refractivity contribution < 1.29 is 4.79 Å². The van der Waals surface area contributed by atoms with E-state index in [1.54, 1.807) is 0 Å². The van der Waals surface area contributed by atoms with Gasteiger partial charge in [0.2, 0.25) is 5.91 Å². The smallest absolute Gasteiger partial charge is 0.239 e. The van der Waals surface area contributed by atoms with Crippen molar-refractivity contribution >= 4 is 5.91 Å². The van der Waals surface area contributed by atoms with E-state index in [0.29, 0.717) is 12.0 Å². The lowest BCUT2D eigenvalue weighted by molar-refractivity contribution is -0.133. The number of carbonyl (C=O) groups is 1. The number of nitrogens with two attached hydrogens (primary N) is 1. The molecule has 1 fully saturated rings. The van der Waals surface area contributed by atoms with Gasteiger partial charge in [-0.1, -0.05) is 43.7 Å². The van der Waals surface area contributed by atoms with Gasteiger partial charge in [-0.25, -0.2) is 0 Å². The number of amides is 1. The Morgan fingerprint density at radius 1 is 1.40 bits per heavy atom. The quantitative estimate of drug-likeness (QED) is 0.897. The van der Waals surface area contributed by atoms with Gasteiger partial charge in [-0.3, -0.25) is 4.79 Å².